The average Bonchev–Trinajstić information content (AvgIpc) is 3.34. The number of guanidine groups is 1. The monoisotopic (exact) mass is 482 g/mol. The van der Waals surface area contributed by atoms with Crippen molar-refractivity contribution in [3.8, 4) is 0 Å². The van der Waals surface area contributed by atoms with Gasteiger partial charge in [0, 0.05) is 51.7 Å². The van der Waals surface area contributed by atoms with E-state index in [2.05, 4.69) is 60.4 Å². The van der Waals surface area contributed by atoms with E-state index in [9.17, 15) is 0 Å². The third-order valence-electron chi connectivity index (χ3n) is 4.90. The Morgan fingerprint density at radius 3 is 2.85 bits per heavy atom. The predicted molar refractivity (Wildman–Crippen MR) is 121 cm³/mol. The first-order valence-electron chi connectivity index (χ1n) is 9.53. The number of aliphatic imine (C=N–C) groups is 1. The third kappa shape index (κ3) is 7.14. The molecule has 1 saturated heterocycles. The topological polar surface area (TPSA) is 57.5 Å². The van der Waals surface area contributed by atoms with Crippen LogP contribution in [0.25, 0.3) is 0 Å². The normalized spacial score (nSPS) is 17.5. The molecule has 6 nitrogen and oxygen atoms in total. The van der Waals surface area contributed by atoms with Gasteiger partial charge in [-0.25, -0.2) is 4.98 Å². The molecule has 0 saturated carbocycles. The van der Waals surface area contributed by atoms with Gasteiger partial charge in [0.05, 0.1) is 6.33 Å². The molecule has 2 aromatic rings. The SMILES string of the molecule is CN=C(NCCCn1ccnc1)NCC1CCCN1Cc1ccccc1.I. The first-order valence-corrected chi connectivity index (χ1v) is 9.53. The van der Waals surface area contributed by atoms with Gasteiger partial charge in [0.25, 0.3) is 0 Å². The highest BCUT2D eigenvalue weighted by Crippen LogP contribution is 2.19. The summed E-state index contributed by atoms with van der Waals surface area (Å²) in [7, 11) is 1.83. The van der Waals surface area contributed by atoms with Crippen molar-refractivity contribution in [3.63, 3.8) is 0 Å². The lowest BCUT2D eigenvalue weighted by Gasteiger charge is -2.25. The van der Waals surface area contributed by atoms with Gasteiger partial charge in [-0.1, -0.05) is 30.3 Å². The second-order valence-corrected chi connectivity index (χ2v) is 6.79. The first-order chi connectivity index (χ1) is 12.8. The van der Waals surface area contributed by atoms with E-state index in [-0.39, 0.29) is 24.0 Å². The predicted octanol–water partition coefficient (Wildman–Crippen LogP) is 2.72. The minimum Gasteiger partial charge on any atom is -0.356 e. The summed E-state index contributed by atoms with van der Waals surface area (Å²) in [5.74, 6) is 0.891. The number of likely N-dealkylation sites (tertiary alicyclic amines) is 1. The van der Waals surface area contributed by atoms with Gasteiger partial charge >= 0.3 is 0 Å². The maximum atomic E-state index is 4.35. The van der Waals surface area contributed by atoms with Crippen LogP contribution < -0.4 is 10.6 Å². The molecule has 1 aromatic carbocycles. The van der Waals surface area contributed by atoms with Crippen LogP contribution in [0.15, 0.2) is 54.0 Å². The summed E-state index contributed by atoms with van der Waals surface area (Å²) >= 11 is 0. The lowest BCUT2D eigenvalue weighted by molar-refractivity contribution is 0.245. The number of hydrogen-bond donors (Lipinski definition) is 2. The molecule has 1 unspecified atom stereocenters. The molecule has 1 atom stereocenters. The standard InChI is InChI=1S/C20H30N6.HI/c1-21-20(23-10-6-12-25-14-11-22-17-25)24-15-19-9-5-13-26(19)16-18-7-3-2-4-8-18;/h2-4,7-8,11,14,17,19H,5-6,9-10,12-13,15-16H2,1H3,(H2,21,23,24);1H. The van der Waals surface area contributed by atoms with E-state index in [1.165, 1.54) is 24.9 Å². The zero-order valence-electron chi connectivity index (χ0n) is 16.1. The van der Waals surface area contributed by atoms with Gasteiger partial charge in [-0.2, -0.15) is 0 Å². The van der Waals surface area contributed by atoms with Crippen LogP contribution in [0.5, 0.6) is 0 Å². The zero-order chi connectivity index (χ0) is 18.0. The molecule has 0 radical (unpaired) electrons. The highest BCUT2D eigenvalue weighted by Gasteiger charge is 2.24. The van der Waals surface area contributed by atoms with E-state index < -0.39 is 0 Å². The summed E-state index contributed by atoms with van der Waals surface area (Å²) in [6, 6.07) is 11.3. The van der Waals surface area contributed by atoms with Crippen molar-refractivity contribution in [1.29, 1.82) is 0 Å². The Kier molecular flexibility index (Phi) is 9.61. The molecular formula is C20H31IN6. The molecule has 0 amide bonds. The lowest BCUT2D eigenvalue weighted by atomic mass is 10.2. The van der Waals surface area contributed by atoms with Gasteiger partial charge < -0.3 is 15.2 Å². The molecule has 2 heterocycles. The zero-order valence-corrected chi connectivity index (χ0v) is 18.4. The molecule has 0 bridgehead atoms. The molecule has 1 aliphatic rings. The maximum absolute atomic E-state index is 4.35. The minimum absolute atomic E-state index is 0. The lowest BCUT2D eigenvalue weighted by Crippen LogP contribution is -2.45. The van der Waals surface area contributed by atoms with Crippen molar-refractivity contribution < 1.29 is 0 Å². The molecule has 1 aliphatic heterocycles. The number of aromatic nitrogens is 2. The fourth-order valence-corrected chi connectivity index (χ4v) is 3.47. The van der Waals surface area contributed by atoms with Crippen molar-refractivity contribution in [2.75, 3.05) is 26.7 Å². The number of imidazole rings is 1. The van der Waals surface area contributed by atoms with Crippen LogP contribution in [-0.2, 0) is 13.1 Å². The van der Waals surface area contributed by atoms with Gasteiger partial charge in [0.15, 0.2) is 5.96 Å². The highest BCUT2D eigenvalue weighted by atomic mass is 127. The molecule has 148 valence electrons. The maximum Gasteiger partial charge on any atom is 0.191 e. The number of halogens is 1. The summed E-state index contributed by atoms with van der Waals surface area (Å²) in [5.41, 5.74) is 1.39. The Labute approximate surface area is 179 Å². The van der Waals surface area contributed by atoms with Crippen molar-refractivity contribution in [2.24, 2.45) is 4.99 Å². The van der Waals surface area contributed by atoms with Gasteiger partial charge in [0.2, 0.25) is 0 Å². The Morgan fingerprint density at radius 1 is 1.26 bits per heavy atom. The number of hydrogen-bond acceptors (Lipinski definition) is 3. The first kappa shape index (κ1) is 21.7. The number of nitrogens with one attached hydrogen (secondary N) is 2. The van der Waals surface area contributed by atoms with E-state index in [0.29, 0.717) is 6.04 Å². The fourth-order valence-electron chi connectivity index (χ4n) is 3.47. The highest BCUT2D eigenvalue weighted by molar-refractivity contribution is 14.0. The molecule has 0 spiro atoms. The molecule has 1 aromatic heterocycles. The van der Waals surface area contributed by atoms with Crippen LogP contribution in [0.4, 0.5) is 0 Å². The minimum atomic E-state index is 0. The molecule has 7 heteroatoms. The summed E-state index contributed by atoms with van der Waals surface area (Å²) < 4.78 is 2.10. The Bertz CT molecular complexity index is 658. The summed E-state index contributed by atoms with van der Waals surface area (Å²) in [6.45, 7) is 5.02. The van der Waals surface area contributed by atoms with Crippen molar-refractivity contribution in [1.82, 2.24) is 25.1 Å². The molecular weight excluding hydrogens is 451 g/mol. The van der Waals surface area contributed by atoms with Crippen molar-refractivity contribution in [2.45, 2.75) is 38.4 Å². The molecule has 3 rings (SSSR count). The number of aryl methyl sites for hydroxylation is 1. The van der Waals surface area contributed by atoms with Gasteiger partial charge in [-0.05, 0) is 31.4 Å². The summed E-state index contributed by atoms with van der Waals surface area (Å²) in [6.07, 6.45) is 9.23. The molecule has 1 fully saturated rings. The average molecular weight is 482 g/mol. The number of nitrogens with zero attached hydrogens (tertiary/aromatic N) is 4. The Morgan fingerprint density at radius 2 is 2.11 bits per heavy atom. The third-order valence-corrected chi connectivity index (χ3v) is 4.90. The van der Waals surface area contributed by atoms with Crippen molar-refractivity contribution >= 4 is 29.9 Å². The van der Waals surface area contributed by atoms with E-state index in [4.69, 9.17) is 0 Å². The van der Waals surface area contributed by atoms with Crippen LogP contribution in [-0.4, -0.2) is 53.1 Å². The van der Waals surface area contributed by atoms with E-state index in [1.54, 1.807) is 0 Å². The van der Waals surface area contributed by atoms with Crippen LogP contribution in [0.1, 0.15) is 24.8 Å². The Balaban J connectivity index is 0.00000261. The van der Waals surface area contributed by atoms with Gasteiger partial charge in [0.1, 0.15) is 0 Å². The van der Waals surface area contributed by atoms with Crippen LogP contribution in [0.3, 0.4) is 0 Å². The van der Waals surface area contributed by atoms with Crippen LogP contribution >= 0.6 is 24.0 Å². The van der Waals surface area contributed by atoms with Gasteiger partial charge in [-0.15, -0.1) is 24.0 Å². The van der Waals surface area contributed by atoms with Crippen LogP contribution in [0.2, 0.25) is 0 Å². The van der Waals surface area contributed by atoms with Gasteiger partial charge in [-0.3, -0.25) is 9.89 Å². The smallest absolute Gasteiger partial charge is 0.191 e. The molecule has 27 heavy (non-hydrogen) atoms. The number of benzene rings is 1. The van der Waals surface area contributed by atoms with E-state index in [0.717, 1.165) is 38.6 Å². The van der Waals surface area contributed by atoms with E-state index in [1.807, 2.05) is 25.8 Å². The quantitative estimate of drug-likeness (QED) is 0.263. The Hall–Kier alpha value is -1.61. The van der Waals surface area contributed by atoms with E-state index >= 15 is 0 Å². The molecule has 2 N–H and O–H groups in total. The van der Waals surface area contributed by atoms with Crippen molar-refractivity contribution in [3.05, 3.63) is 54.6 Å². The second-order valence-electron chi connectivity index (χ2n) is 6.79. The fraction of sp³-hybridized carbons (Fsp3) is 0.500. The summed E-state index contributed by atoms with van der Waals surface area (Å²) in [5, 5.41) is 6.91. The second kappa shape index (κ2) is 12.0. The largest absolute Gasteiger partial charge is 0.356 e. The summed E-state index contributed by atoms with van der Waals surface area (Å²) in [4.78, 5) is 11.0. The number of rotatable bonds is 8. The molecule has 0 aliphatic carbocycles. The van der Waals surface area contributed by atoms with Crippen LogP contribution in [0, 0.1) is 0 Å².